The summed E-state index contributed by atoms with van der Waals surface area (Å²) in [5, 5.41) is 0. The van der Waals surface area contributed by atoms with E-state index in [1.165, 1.54) is 0 Å². The van der Waals surface area contributed by atoms with Gasteiger partial charge in [-0.3, -0.25) is 4.79 Å². The molecule has 0 atom stereocenters. The van der Waals surface area contributed by atoms with Crippen LogP contribution in [0.25, 0.3) is 22.3 Å². The molecule has 1 heterocycles. The molecule has 0 bridgehead atoms. The molecule has 0 aliphatic heterocycles. The quantitative estimate of drug-likeness (QED) is 0.400. The largest absolute Gasteiger partial charge is 0.497 e. The van der Waals surface area contributed by atoms with Crippen LogP contribution in [-0.4, -0.2) is 32.1 Å². The fourth-order valence-electron chi connectivity index (χ4n) is 3.54. The van der Waals surface area contributed by atoms with Crippen LogP contribution in [0.3, 0.4) is 0 Å². The van der Waals surface area contributed by atoms with Gasteiger partial charge in [-0.25, -0.2) is 0 Å². The topological polar surface area (TPSA) is 60.6 Å². The Balaban J connectivity index is 1.83. The zero-order valence-electron chi connectivity index (χ0n) is 17.6. The zero-order chi connectivity index (χ0) is 21.8. The number of nitrogens with one attached hydrogen (secondary N) is 1. The number of hydrogen-bond acceptors (Lipinski definition) is 4. The minimum Gasteiger partial charge on any atom is -0.497 e. The molecule has 0 radical (unpaired) electrons. The highest BCUT2D eigenvalue weighted by Gasteiger charge is 2.21. The number of ketones is 1. The molecule has 0 aliphatic carbocycles. The van der Waals surface area contributed by atoms with Crippen molar-refractivity contribution in [3.05, 3.63) is 90.3 Å². The SMILES string of the molecule is COc1ccc(C(=O)c2[nH]cc(-c3ccc(OC)cc3)c2-c2ccc(OC)cc2)cc1. The van der Waals surface area contributed by atoms with Crippen LogP contribution in [0, 0.1) is 0 Å². The number of ether oxygens (including phenoxy) is 3. The van der Waals surface area contributed by atoms with Crippen LogP contribution in [0.1, 0.15) is 16.1 Å². The Bertz CT molecular complexity index is 1170. The fourth-order valence-corrected chi connectivity index (χ4v) is 3.54. The van der Waals surface area contributed by atoms with Gasteiger partial charge >= 0.3 is 0 Å². The normalized spacial score (nSPS) is 10.5. The summed E-state index contributed by atoms with van der Waals surface area (Å²) in [5.41, 5.74) is 4.79. The van der Waals surface area contributed by atoms with E-state index in [0.29, 0.717) is 17.0 Å². The van der Waals surface area contributed by atoms with Crippen LogP contribution in [-0.2, 0) is 0 Å². The summed E-state index contributed by atoms with van der Waals surface area (Å²) in [6.45, 7) is 0. The van der Waals surface area contributed by atoms with Crippen molar-refractivity contribution in [1.82, 2.24) is 4.98 Å². The molecule has 0 fully saturated rings. The maximum atomic E-state index is 13.4. The standard InChI is InChI=1S/C26H23NO4/c1-29-20-10-4-17(5-11-20)23-16-27-25(24(23)18-6-12-21(30-2)13-7-18)26(28)19-8-14-22(31-3)15-9-19/h4-16,27H,1-3H3. The van der Waals surface area contributed by atoms with E-state index >= 15 is 0 Å². The van der Waals surface area contributed by atoms with Crippen LogP contribution in [0.4, 0.5) is 0 Å². The van der Waals surface area contributed by atoms with Crippen LogP contribution in [0.5, 0.6) is 17.2 Å². The molecule has 1 aromatic heterocycles. The van der Waals surface area contributed by atoms with E-state index in [-0.39, 0.29) is 5.78 Å². The lowest BCUT2D eigenvalue weighted by Gasteiger charge is -2.10. The van der Waals surface area contributed by atoms with Crippen molar-refractivity contribution in [2.45, 2.75) is 0 Å². The van der Waals surface area contributed by atoms with Gasteiger partial charge in [0.05, 0.1) is 27.0 Å². The summed E-state index contributed by atoms with van der Waals surface area (Å²) in [7, 11) is 4.87. The number of carbonyl (C=O) groups excluding carboxylic acids is 1. The van der Waals surface area contributed by atoms with Crippen molar-refractivity contribution in [2.75, 3.05) is 21.3 Å². The maximum absolute atomic E-state index is 13.4. The highest BCUT2D eigenvalue weighted by atomic mass is 16.5. The number of H-pyrrole nitrogens is 1. The molecule has 5 heteroatoms. The number of methoxy groups -OCH3 is 3. The van der Waals surface area contributed by atoms with E-state index in [1.54, 1.807) is 45.6 Å². The number of aromatic nitrogens is 1. The lowest BCUT2D eigenvalue weighted by molar-refractivity contribution is 0.103. The molecule has 0 saturated carbocycles. The summed E-state index contributed by atoms with van der Waals surface area (Å²) < 4.78 is 15.8. The van der Waals surface area contributed by atoms with Crippen molar-refractivity contribution in [1.29, 1.82) is 0 Å². The Labute approximate surface area is 181 Å². The molecule has 5 nitrogen and oxygen atoms in total. The molecular weight excluding hydrogens is 390 g/mol. The van der Waals surface area contributed by atoms with Gasteiger partial charge in [0.15, 0.2) is 0 Å². The van der Waals surface area contributed by atoms with E-state index in [4.69, 9.17) is 14.2 Å². The van der Waals surface area contributed by atoms with E-state index in [2.05, 4.69) is 4.98 Å². The molecule has 156 valence electrons. The average Bonchev–Trinajstić information content (AvgIpc) is 3.29. The summed E-state index contributed by atoms with van der Waals surface area (Å²) >= 11 is 0. The first-order chi connectivity index (χ1) is 15.1. The summed E-state index contributed by atoms with van der Waals surface area (Å²) in [4.78, 5) is 16.6. The van der Waals surface area contributed by atoms with Crippen molar-refractivity contribution in [2.24, 2.45) is 0 Å². The number of aromatic amines is 1. The smallest absolute Gasteiger partial charge is 0.209 e. The molecule has 3 aromatic carbocycles. The fraction of sp³-hybridized carbons (Fsp3) is 0.115. The number of rotatable bonds is 7. The first-order valence-electron chi connectivity index (χ1n) is 9.83. The van der Waals surface area contributed by atoms with Gasteiger partial charge in [-0.1, -0.05) is 24.3 Å². The van der Waals surface area contributed by atoms with Gasteiger partial charge in [-0.15, -0.1) is 0 Å². The van der Waals surface area contributed by atoms with E-state index < -0.39 is 0 Å². The molecule has 0 amide bonds. The van der Waals surface area contributed by atoms with Crippen molar-refractivity contribution in [3.63, 3.8) is 0 Å². The van der Waals surface area contributed by atoms with Crippen LogP contribution in [0.15, 0.2) is 79.0 Å². The van der Waals surface area contributed by atoms with Gasteiger partial charge in [-0.05, 0) is 59.7 Å². The Hall–Kier alpha value is -3.99. The number of hydrogen-bond donors (Lipinski definition) is 1. The summed E-state index contributed by atoms with van der Waals surface area (Å²) in [6, 6.07) is 22.6. The Morgan fingerprint density at radius 1 is 0.645 bits per heavy atom. The molecule has 4 rings (SSSR count). The predicted molar refractivity (Wildman–Crippen MR) is 121 cm³/mol. The first kappa shape index (κ1) is 20.3. The molecule has 0 aliphatic rings. The van der Waals surface area contributed by atoms with E-state index in [1.807, 2.05) is 54.7 Å². The van der Waals surface area contributed by atoms with Gasteiger partial charge in [0, 0.05) is 22.9 Å². The van der Waals surface area contributed by atoms with E-state index in [9.17, 15) is 4.79 Å². The van der Waals surface area contributed by atoms with Crippen molar-refractivity contribution >= 4 is 5.78 Å². The molecule has 0 saturated heterocycles. The second-order valence-corrected chi connectivity index (χ2v) is 6.97. The minimum atomic E-state index is -0.0896. The molecule has 0 unspecified atom stereocenters. The third kappa shape index (κ3) is 4.03. The van der Waals surface area contributed by atoms with Crippen LogP contribution in [0.2, 0.25) is 0 Å². The molecule has 4 aromatic rings. The first-order valence-corrected chi connectivity index (χ1v) is 9.83. The maximum Gasteiger partial charge on any atom is 0.209 e. The van der Waals surface area contributed by atoms with E-state index in [0.717, 1.165) is 33.8 Å². The average molecular weight is 413 g/mol. The van der Waals surface area contributed by atoms with Crippen LogP contribution < -0.4 is 14.2 Å². The number of benzene rings is 3. The highest BCUT2D eigenvalue weighted by Crippen LogP contribution is 2.37. The van der Waals surface area contributed by atoms with Gasteiger partial charge in [0.25, 0.3) is 0 Å². The van der Waals surface area contributed by atoms with Gasteiger partial charge in [0.2, 0.25) is 5.78 Å². The predicted octanol–water partition coefficient (Wildman–Crippen LogP) is 5.61. The monoisotopic (exact) mass is 413 g/mol. The molecule has 0 spiro atoms. The van der Waals surface area contributed by atoms with Gasteiger partial charge < -0.3 is 19.2 Å². The van der Waals surface area contributed by atoms with Crippen molar-refractivity contribution < 1.29 is 19.0 Å². The second kappa shape index (κ2) is 8.79. The summed E-state index contributed by atoms with van der Waals surface area (Å²) in [6.07, 6.45) is 1.87. The highest BCUT2D eigenvalue weighted by molar-refractivity contribution is 6.13. The van der Waals surface area contributed by atoms with Gasteiger partial charge in [-0.2, -0.15) is 0 Å². The molecule has 1 N–H and O–H groups in total. The van der Waals surface area contributed by atoms with Gasteiger partial charge in [0.1, 0.15) is 17.2 Å². The number of carbonyl (C=O) groups is 1. The summed E-state index contributed by atoms with van der Waals surface area (Å²) in [5.74, 6) is 2.15. The van der Waals surface area contributed by atoms with Crippen LogP contribution >= 0.6 is 0 Å². The molecule has 31 heavy (non-hydrogen) atoms. The second-order valence-electron chi connectivity index (χ2n) is 6.97. The third-order valence-corrected chi connectivity index (χ3v) is 5.24. The van der Waals surface area contributed by atoms with Crippen molar-refractivity contribution in [3.8, 4) is 39.5 Å². The Morgan fingerprint density at radius 3 is 1.58 bits per heavy atom. The Morgan fingerprint density at radius 2 is 1.10 bits per heavy atom. The zero-order valence-corrected chi connectivity index (χ0v) is 17.6. The lowest BCUT2D eigenvalue weighted by atomic mass is 9.94. The minimum absolute atomic E-state index is 0.0896. The molecular formula is C26H23NO4. The third-order valence-electron chi connectivity index (χ3n) is 5.24. The lowest BCUT2D eigenvalue weighted by Crippen LogP contribution is -2.04. The Kier molecular flexibility index (Phi) is 5.76.